The van der Waals surface area contributed by atoms with E-state index in [-0.39, 0.29) is 0 Å². The zero-order valence-corrected chi connectivity index (χ0v) is 14.5. The van der Waals surface area contributed by atoms with E-state index >= 15 is 0 Å². The number of benzene rings is 1. The molecule has 1 heterocycles. The molecule has 21 heavy (non-hydrogen) atoms. The molecule has 1 atom stereocenters. The molecule has 1 aliphatic heterocycles. The molecule has 0 amide bonds. The van der Waals surface area contributed by atoms with Gasteiger partial charge >= 0.3 is 0 Å². The van der Waals surface area contributed by atoms with E-state index in [1.807, 2.05) is 0 Å². The third-order valence-corrected chi connectivity index (χ3v) is 4.90. The standard InChI is InChI=1S/C19H32N2/c1-6-20-18(17-8-7-15(2)13-16(17)3)14-21-11-9-19(4,5)10-12-21/h7-8,13,18,20H,6,9-12,14H2,1-5H3. The molecule has 0 spiro atoms. The average Bonchev–Trinajstić information content (AvgIpc) is 2.41. The Bertz CT molecular complexity index is 455. The van der Waals surface area contributed by atoms with Crippen LogP contribution in [0.1, 0.15) is 56.3 Å². The Morgan fingerprint density at radius 3 is 2.43 bits per heavy atom. The van der Waals surface area contributed by atoms with Crippen LogP contribution in [0.25, 0.3) is 0 Å². The summed E-state index contributed by atoms with van der Waals surface area (Å²) >= 11 is 0. The SMILES string of the molecule is CCNC(CN1CCC(C)(C)CC1)c1ccc(C)cc1C. The summed E-state index contributed by atoms with van der Waals surface area (Å²) in [5.41, 5.74) is 4.76. The molecule has 1 fully saturated rings. The summed E-state index contributed by atoms with van der Waals surface area (Å²) in [4.78, 5) is 2.64. The minimum atomic E-state index is 0.455. The fourth-order valence-electron chi connectivity index (χ4n) is 3.33. The van der Waals surface area contributed by atoms with Crippen LogP contribution < -0.4 is 5.32 Å². The van der Waals surface area contributed by atoms with Crippen LogP contribution in [0.5, 0.6) is 0 Å². The second-order valence-corrected chi connectivity index (χ2v) is 7.44. The van der Waals surface area contributed by atoms with Crippen LogP contribution >= 0.6 is 0 Å². The minimum Gasteiger partial charge on any atom is -0.309 e. The topological polar surface area (TPSA) is 15.3 Å². The molecule has 1 aromatic carbocycles. The van der Waals surface area contributed by atoms with Gasteiger partial charge in [-0.15, -0.1) is 0 Å². The lowest BCUT2D eigenvalue weighted by atomic mass is 9.82. The third kappa shape index (κ3) is 4.55. The van der Waals surface area contributed by atoms with Crippen molar-refractivity contribution in [2.24, 2.45) is 5.41 Å². The number of likely N-dealkylation sites (tertiary alicyclic amines) is 1. The van der Waals surface area contributed by atoms with Crippen molar-refractivity contribution in [3.63, 3.8) is 0 Å². The number of hydrogen-bond acceptors (Lipinski definition) is 2. The van der Waals surface area contributed by atoms with E-state index < -0.39 is 0 Å². The molecule has 0 bridgehead atoms. The first-order chi connectivity index (χ1) is 9.91. The highest BCUT2D eigenvalue weighted by Gasteiger charge is 2.27. The van der Waals surface area contributed by atoms with Gasteiger partial charge in [-0.25, -0.2) is 0 Å². The van der Waals surface area contributed by atoms with Gasteiger partial charge in [0.1, 0.15) is 0 Å². The predicted molar refractivity (Wildman–Crippen MR) is 91.8 cm³/mol. The van der Waals surface area contributed by atoms with Gasteiger partial charge in [0, 0.05) is 12.6 Å². The molecule has 2 nitrogen and oxygen atoms in total. The normalized spacial score (nSPS) is 20.4. The van der Waals surface area contributed by atoms with Crippen molar-refractivity contribution < 1.29 is 0 Å². The van der Waals surface area contributed by atoms with Crippen LogP contribution in [0.15, 0.2) is 18.2 Å². The Hall–Kier alpha value is -0.860. The Morgan fingerprint density at radius 2 is 1.86 bits per heavy atom. The summed E-state index contributed by atoms with van der Waals surface area (Å²) in [6.45, 7) is 16.0. The summed E-state index contributed by atoms with van der Waals surface area (Å²) in [5, 5.41) is 3.69. The van der Waals surface area contributed by atoms with Crippen LogP contribution in [0.2, 0.25) is 0 Å². The highest BCUT2D eigenvalue weighted by atomic mass is 15.2. The molecule has 0 radical (unpaired) electrons. The molecule has 1 unspecified atom stereocenters. The van der Waals surface area contributed by atoms with Gasteiger partial charge in [-0.3, -0.25) is 0 Å². The van der Waals surface area contributed by atoms with Crippen molar-refractivity contribution in [2.75, 3.05) is 26.2 Å². The Balaban J connectivity index is 2.05. The van der Waals surface area contributed by atoms with Crippen molar-refractivity contribution >= 4 is 0 Å². The molecule has 1 N–H and O–H groups in total. The fourth-order valence-corrected chi connectivity index (χ4v) is 3.33. The van der Waals surface area contributed by atoms with Crippen molar-refractivity contribution in [2.45, 2.75) is 53.5 Å². The first-order valence-electron chi connectivity index (χ1n) is 8.44. The highest BCUT2D eigenvalue weighted by molar-refractivity contribution is 5.33. The number of hydrogen-bond donors (Lipinski definition) is 1. The monoisotopic (exact) mass is 288 g/mol. The number of nitrogens with one attached hydrogen (secondary N) is 1. The van der Waals surface area contributed by atoms with Gasteiger partial charge in [-0.1, -0.05) is 44.5 Å². The second-order valence-electron chi connectivity index (χ2n) is 7.44. The smallest absolute Gasteiger partial charge is 0.0451 e. The van der Waals surface area contributed by atoms with Gasteiger partial charge < -0.3 is 10.2 Å². The maximum absolute atomic E-state index is 3.69. The van der Waals surface area contributed by atoms with Crippen molar-refractivity contribution in [3.05, 3.63) is 34.9 Å². The molecule has 1 aliphatic rings. The summed E-state index contributed by atoms with van der Waals surface area (Å²) in [6.07, 6.45) is 2.64. The van der Waals surface area contributed by atoms with Crippen LogP contribution in [-0.4, -0.2) is 31.1 Å². The zero-order chi connectivity index (χ0) is 15.5. The summed E-state index contributed by atoms with van der Waals surface area (Å²) in [7, 11) is 0. The lowest BCUT2D eigenvalue weighted by Crippen LogP contribution is -2.42. The van der Waals surface area contributed by atoms with E-state index in [2.05, 4.69) is 63.0 Å². The summed E-state index contributed by atoms with van der Waals surface area (Å²) in [6, 6.07) is 7.31. The second kappa shape index (κ2) is 6.93. The molecular formula is C19H32N2. The summed E-state index contributed by atoms with van der Waals surface area (Å²) in [5.74, 6) is 0. The maximum Gasteiger partial charge on any atom is 0.0451 e. The number of nitrogens with zero attached hydrogens (tertiary/aromatic N) is 1. The first kappa shape index (κ1) is 16.5. The van der Waals surface area contributed by atoms with E-state index in [4.69, 9.17) is 0 Å². The Labute approximate surface area is 130 Å². The fraction of sp³-hybridized carbons (Fsp3) is 0.684. The van der Waals surface area contributed by atoms with E-state index in [0.717, 1.165) is 13.1 Å². The molecule has 2 heteroatoms. The third-order valence-electron chi connectivity index (χ3n) is 4.90. The van der Waals surface area contributed by atoms with Crippen molar-refractivity contribution in [3.8, 4) is 0 Å². The van der Waals surface area contributed by atoms with E-state index in [1.165, 1.54) is 42.6 Å². The molecule has 0 aromatic heterocycles. The van der Waals surface area contributed by atoms with Gasteiger partial charge in [0.15, 0.2) is 0 Å². The molecule has 2 rings (SSSR count). The Morgan fingerprint density at radius 1 is 1.19 bits per heavy atom. The first-order valence-corrected chi connectivity index (χ1v) is 8.44. The number of rotatable bonds is 5. The minimum absolute atomic E-state index is 0.455. The van der Waals surface area contributed by atoms with Gasteiger partial charge in [0.25, 0.3) is 0 Å². The molecular weight excluding hydrogens is 256 g/mol. The molecule has 118 valence electrons. The van der Waals surface area contributed by atoms with E-state index in [0.29, 0.717) is 11.5 Å². The van der Waals surface area contributed by atoms with Crippen molar-refractivity contribution in [1.29, 1.82) is 0 Å². The largest absolute Gasteiger partial charge is 0.309 e. The highest BCUT2D eigenvalue weighted by Crippen LogP contribution is 2.31. The van der Waals surface area contributed by atoms with Crippen LogP contribution in [0.4, 0.5) is 0 Å². The van der Waals surface area contributed by atoms with Crippen LogP contribution in [-0.2, 0) is 0 Å². The maximum atomic E-state index is 3.69. The zero-order valence-electron chi connectivity index (χ0n) is 14.5. The number of aryl methyl sites for hydroxylation is 2. The van der Waals surface area contributed by atoms with Crippen molar-refractivity contribution in [1.82, 2.24) is 10.2 Å². The number of likely N-dealkylation sites (N-methyl/N-ethyl adjacent to an activating group) is 1. The predicted octanol–water partition coefficient (Wildman–Crippen LogP) is 4.08. The van der Waals surface area contributed by atoms with Crippen LogP contribution in [0, 0.1) is 19.3 Å². The molecule has 0 saturated carbocycles. The number of piperidine rings is 1. The summed E-state index contributed by atoms with van der Waals surface area (Å²) < 4.78 is 0. The molecule has 0 aliphatic carbocycles. The Kier molecular flexibility index (Phi) is 5.45. The average molecular weight is 288 g/mol. The molecule has 1 aromatic rings. The van der Waals surface area contributed by atoms with Gasteiger partial charge in [-0.2, -0.15) is 0 Å². The van der Waals surface area contributed by atoms with Crippen LogP contribution in [0.3, 0.4) is 0 Å². The molecule has 1 saturated heterocycles. The van der Waals surface area contributed by atoms with Gasteiger partial charge in [0.05, 0.1) is 0 Å². The van der Waals surface area contributed by atoms with E-state index in [1.54, 1.807) is 0 Å². The quantitative estimate of drug-likeness (QED) is 0.878. The van der Waals surface area contributed by atoms with Gasteiger partial charge in [-0.05, 0) is 62.9 Å². The van der Waals surface area contributed by atoms with Gasteiger partial charge in [0.2, 0.25) is 0 Å². The lowest BCUT2D eigenvalue weighted by molar-refractivity contribution is 0.122. The lowest BCUT2D eigenvalue weighted by Gasteiger charge is -2.38. The van der Waals surface area contributed by atoms with E-state index in [9.17, 15) is 0 Å².